The van der Waals surface area contributed by atoms with Crippen molar-refractivity contribution >= 4 is 14.6 Å². The second kappa shape index (κ2) is 11.1. The number of hydrogen-bond acceptors (Lipinski definition) is 3. The van der Waals surface area contributed by atoms with Crippen molar-refractivity contribution in [3.05, 3.63) is 35.9 Å². The van der Waals surface area contributed by atoms with Crippen molar-refractivity contribution in [1.82, 2.24) is 0 Å². The summed E-state index contributed by atoms with van der Waals surface area (Å²) in [6, 6.07) is 10.2. The molecule has 0 N–H and O–H groups in total. The molecule has 1 aromatic carbocycles. The zero-order chi connectivity index (χ0) is 20.6. The predicted molar refractivity (Wildman–Crippen MR) is 116 cm³/mol. The molecule has 4 heteroatoms. The summed E-state index contributed by atoms with van der Waals surface area (Å²) in [6.45, 7) is 19.0. The van der Waals surface area contributed by atoms with Crippen molar-refractivity contribution in [2.75, 3.05) is 6.61 Å². The van der Waals surface area contributed by atoms with Gasteiger partial charge in [-0.05, 0) is 22.2 Å². The monoisotopic (exact) mass is 392 g/mol. The van der Waals surface area contributed by atoms with Crippen molar-refractivity contribution in [3.63, 3.8) is 0 Å². The molecule has 3 atom stereocenters. The van der Waals surface area contributed by atoms with Crippen LogP contribution >= 0.6 is 0 Å². The predicted octanol–water partition coefficient (Wildman–Crippen LogP) is 6.24. The van der Waals surface area contributed by atoms with E-state index in [2.05, 4.69) is 60.6 Å². The third-order valence-corrected chi connectivity index (χ3v) is 11.9. The zero-order valence-corrected chi connectivity index (χ0v) is 19.6. The van der Waals surface area contributed by atoms with E-state index in [0.29, 0.717) is 29.8 Å². The highest BCUT2D eigenvalue weighted by Crippen LogP contribution is 2.44. The van der Waals surface area contributed by atoms with E-state index in [4.69, 9.17) is 9.16 Å². The van der Waals surface area contributed by atoms with Crippen LogP contribution in [0.5, 0.6) is 0 Å². The van der Waals surface area contributed by atoms with Gasteiger partial charge in [0.2, 0.25) is 8.32 Å². The van der Waals surface area contributed by atoms with Crippen molar-refractivity contribution < 1.29 is 14.0 Å². The van der Waals surface area contributed by atoms with Crippen LogP contribution in [0.4, 0.5) is 0 Å². The average Bonchev–Trinajstić information content (AvgIpc) is 2.61. The highest BCUT2D eigenvalue weighted by molar-refractivity contribution is 6.77. The SMILES string of the molecule is CC(C)[Si](O[C@@H]([C@H](C)C=O)[C@H](C)COCc1ccccc1)(C(C)C)C(C)C. The third kappa shape index (κ3) is 6.26. The van der Waals surface area contributed by atoms with E-state index in [1.165, 1.54) is 5.56 Å². The van der Waals surface area contributed by atoms with E-state index in [0.717, 1.165) is 6.29 Å². The van der Waals surface area contributed by atoms with Crippen LogP contribution in [0.15, 0.2) is 30.3 Å². The minimum atomic E-state index is -2.05. The Labute approximate surface area is 168 Å². The molecule has 0 fully saturated rings. The number of carbonyl (C=O) groups is 1. The Balaban J connectivity index is 2.91. The standard InChI is InChI=1S/C23H40O3Si/c1-17(2)27(18(3)4,19(5)6)26-23(20(7)14-24)21(8)15-25-16-22-12-10-9-11-13-22/h9-14,17-21,23H,15-16H2,1-8H3/t20-,21-,23+/m1/s1. The van der Waals surface area contributed by atoms with Crippen molar-refractivity contribution in [3.8, 4) is 0 Å². The van der Waals surface area contributed by atoms with Gasteiger partial charge in [-0.25, -0.2) is 0 Å². The average molecular weight is 393 g/mol. The molecule has 0 amide bonds. The Kier molecular flexibility index (Phi) is 9.92. The number of aldehydes is 1. The third-order valence-electron chi connectivity index (χ3n) is 5.83. The molecule has 0 unspecified atom stereocenters. The summed E-state index contributed by atoms with van der Waals surface area (Å²) in [5.41, 5.74) is 2.66. The second-order valence-electron chi connectivity index (χ2n) is 8.87. The summed E-state index contributed by atoms with van der Waals surface area (Å²) in [5.74, 6) is 0.0282. The van der Waals surface area contributed by atoms with Crippen LogP contribution in [0.1, 0.15) is 61.0 Å². The quantitative estimate of drug-likeness (QED) is 0.312. The Hall–Kier alpha value is -0.973. The Bertz CT molecular complexity index is 520. The molecule has 0 saturated carbocycles. The Morgan fingerprint density at radius 3 is 1.85 bits per heavy atom. The molecule has 0 aliphatic rings. The van der Waals surface area contributed by atoms with Gasteiger partial charge < -0.3 is 14.0 Å². The fourth-order valence-electron chi connectivity index (χ4n) is 4.49. The smallest absolute Gasteiger partial charge is 0.200 e. The molecule has 27 heavy (non-hydrogen) atoms. The molecular formula is C23H40O3Si. The molecule has 0 spiro atoms. The van der Waals surface area contributed by atoms with Crippen LogP contribution in [0.25, 0.3) is 0 Å². The summed E-state index contributed by atoms with van der Waals surface area (Å²) in [4.78, 5) is 11.6. The van der Waals surface area contributed by atoms with Gasteiger partial charge in [-0.15, -0.1) is 0 Å². The topological polar surface area (TPSA) is 35.5 Å². The van der Waals surface area contributed by atoms with Crippen LogP contribution in [0, 0.1) is 11.8 Å². The molecule has 1 aromatic rings. The second-order valence-corrected chi connectivity index (χ2v) is 14.3. The van der Waals surface area contributed by atoms with E-state index in [1.54, 1.807) is 0 Å². The largest absolute Gasteiger partial charge is 0.412 e. The van der Waals surface area contributed by atoms with Crippen molar-refractivity contribution in [2.24, 2.45) is 11.8 Å². The highest BCUT2D eigenvalue weighted by Gasteiger charge is 2.48. The minimum Gasteiger partial charge on any atom is -0.412 e. The van der Waals surface area contributed by atoms with Crippen LogP contribution in [0.3, 0.4) is 0 Å². The number of rotatable bonds is 12. The summed E-state index contributed by atoms with van der Waals surface area (Å²) < 4.78 is 12.9. The molecule has 0 radical (unpaired) electrons. The number of carbonyl (C=O) groups excluding carboxylic acids is 1. The molecule has 1 rings (SSSR count). The van der Waals surface area contributed by atoms with Crippen LogP contribution in [-0.2, 0) is 20.6 Å². The Morgan fingerprint density at radius 2 is 1.41 bits per heavy atom. The van der Waals surface area contributed by atoms with E-state index in [-0.39, 0.29) is 17.9 Å². The first-order valence-corrected chi connectivity index (χ1v) is 12.6. The number of hydrogen-bond donors (Lipinski definition) is 0. The first-order valence-electron chi connectivity index (χ1n) is 10.4. The van der Waals surface area contributed by atoms with E-state index in [9.17, 15) is 4.79 Å². The molecular weight excluding hydrogens is 352 g/mol. The van der Waals surface area contributed by atoms with Gasteiger partial charge in [0.25, 0.3) is 0 Å². The molecule has 0 heterocycles. The highest BCUT2D eigenvalue weighted by atomic mass is 28.4. The molecule has 0 aromatic heterocycles. The summed E-state index contributed by atoms with van der Waals surface area (Å²) in [6.07, 6.45) is 0.940. The van der Waals surface area contributed by atoms with Gasteiger partial charge in [-0.2, -0.15) is 0 Å². The van der Waals surface area contributed by atoms with Gasteiger partial charge in [0.1, 0.15) is 6.29 Å². The first-order chi connectivity index (χ1) is 12.7. The Morgan fingerprint density at radius 1 is 0.889 bits per heavy atom. The van der Waals surface area contributed by atoms with Crippen LogP contribution < -0.4 is 0 Å². The lowest BCUT2D eigenvalue weighted by Gasteiger charge is -2.46. The molecule has 0 saturated heterocycles. The van der Waals surface area contributed by atoms with Crippen LogP contribution in [0.2, 0.25) is 16.6 Å². The minimum absolute atomic E-state index is 0.0999. The summed E-state index contributed by atoms with van der Waals surface area (Å²) in [7, 11) is -2.05. The molecule has 0 aliphatic heterocycles. The molecule has 154 valence electrons. The lowest BCUT2D eigenvalue weighted by atomic mass is 9.95. The van der Waals surface area contributed by atoms with Gasteiger partial charge in [0, 0.05) is 11.8 Å². The molecule has 0 aliphatic carbocycles. The van der Waals surface area contributed by atoms with Crippen molar-refractivity contribution in [1.29, 1.82) is 0 Å². The first kappa shape index (κ1) is 24.1. The summed E-state index contributed by atoms with van der Waals surface area (Å²) in [5, 5.41) is 0. The number of ether oxygens (including phenoxy) is 1. The lowest BCUT2D eigenvalue weighted by molar-refractivity contribution is -0.115. The normalized spacial score (nSPS) is 16.0. The van der Waals surface area contributed by atoms with Gasteiger partial charge in [-0.1, -0.05) is 85.7 Å². The maximum Gasteiger partial charge on any atom is 0.200 e. The molecule has 0 bridgehead atoms. The van der Waals surface area contributed by atoms with Crippen LogP contribution in [-0.4, -0.2) is 27.3 Å². The van der Waals surface area contributed by atoms with E-state index in [1.807, 2.05) is 25.1 Å². The van der Waals surface area contributed by atoms with Crippen molar-refractivity contribution in [2.45, 2.75) is 84.7 Å². The van der Waals surface area contributed by atoms with E-state index >= 15 is 0 Å². The van der Waals surface area contributed by atoms with Gasteiger partial charge >= 0.3 is 0 Å². The van der Waals surface area contributed by atoms with Gasteiger partial charge in [0.15, 0.2) is 0 Å². The lowest BCUT2D eigenvalue weighted by Crippen LogP contribution is -2.53. The van der Waals surface area contributed by atoms with Gasteiger partial charge in [-0.3, -0.25) is 0 Å². The van der Waals surface area contributed by atoms with Gasteiger partial charge in [0.05, 0.1) is 19.3 Å². The maximum absolute atomic E-state index is 11.6. The number of benzene rings is 1. The fraction of sp³-hybridized carbons (Fsp3) is 0.696. The fourth-order valence-corrected chi connectivity index (χ4v) is 10.2. The zero-order valence-electron chi connectivity index (χ0n) is 18.6. The maximum atomic E-state index is 11.6. The van der Waals surface area contributed by atoms with E-state index < -0.39 is 8.32 Å². The summed E-state index contributed by atoms with van der Waals surface area (Å²) >= 11 is 0. The molecule has 3 nitrogen and oxygen atoms in total.